The average molecular weight is 406 g/mol. The number of hydrogen-bond donors (Lipinski definition) is 1. The molecule has 0 unspecified atom stereocenters. The lowest BCUT2D eigenvalue weighted by molar-refractivity contribution is -0.118. The van der Waals surface area contributed by atoms with Crippen LogP contribution >= 0.6 is 11.8 Å². The van der Waals surface area contributed by atoms with Gasteiger partial charge in [0.1, 0.15) is 11.6 Å². The van der Waals surface area contributed by atoms with E-state index in [4.69, 9.17) is 4.42 Å². The second kappa shape index (κ2) is 8.32. The molecule has 0 bridgehead atoms. The summed E-state index contributed by atoms with van der Waals surface area (Å²) in [5, 5.41) is 3.71. The Kier molecular flexibility index (Phi) is 5.44. The fourth-order valence-corrected chi connectivity index (χ4v) is 3.66. The van der Waals surface area contributed by atoms with E-state index < -0.39 is 0 Å². The van der Waals surface area contributed by atoms with Crippen molar-refractivity contribution in [1.29, 1.82) is 0 Å². The van der Waals surface area contributed by atoms with E-state index in [0.717, 1.165) is 5.56 Å². The maximum absolute atomic E-state index is 13.1. The largest absolute Gasteiger partial charge is 0.467 e. The Labute approximate surface area is 170 Å². The number of carbonyl (C=O) groups is 1. The molecule has 7 nitrogen and oxygen atoms in total. The predicted molar refractivity (Wildman–Crippen MR) is 111 cm³/mol. The molecule has 3 aromatic heterocycles. The minimum absolute atomic E-state index is 0.108. The third-order valence-corrected chi connectivity index (χ3v) is 5.19. The van der Waals surface area contributed by atoms with Gasteiger partial charge in [0.15, 0.2) is 5.16 Å². The van der Waals surface area contributed by atoms with Crippen LogP contribution in [0.25, 0.3) is 16.7 Å². The van der Waals surface area contributed by atoms with E-state index in [2.05, 4.69) is 15.3 Å². The highest BCUT2D eigenvalue weighted by molar-refractivity contribution is 7.99. The molecule has 8 heteroatoms. The first kappa shape index (κ1) is 18.9. The summed E-state index contributed by atoms with van der Waals surface area (Å²) in [6, 6.07) is 14.4. The molecule has 4 rings (SSSR count). The van der Waals surface area contributed by atoms with Crippen LogP contribution in [0.4, 0.5) is 0 Å². The van der Waals surface area contributed by atoms with E-state index in [0.29, 0.717) is 34.2 Å². The second-order valence-electron chi connectivity index (χ2n) is 6.39. The van der Waals surface area contributed by atoms with Crippen LogP contribution in [0.2, 0.25) is 0 Å². The molecule has 1 N–H and O–H groups in total. The molecule has 1 amide bonds. The monoisotopic (exact) mass is 406 g/mol. The molecule has 0 fully saturated rings. The van der Waals surface area contributed by atoms with Crippen molar-refractivity contribution >= 4 is 28.6 Å². The summed E-state index contributed by atoms with van der Waals surface area (Å²) in [6.45, 7) is 2.24. The van der Waals surface area contributed by atoms with Crippen molar-refractivity contribution in [3.63, 3.8) is 0 Å². The van der Waals surface area contributed by atoms with Crippen molar-refractivity contribution in [2.45, 2.75) is 18.6 Å². The Morgan fingerprint density at radius 2 is 2.07 bits per heavy atom. The van der Waals surface area contributed by atoms with E-state index in [9.17, 15) is 9.59 Å². The van der Waals surface area contributed by atoms with Gasteiger partial charge in [0.05, 0.1) is 29.5 Å². The Morgan fingerprint density at radius 3 is 2.86 bits per heavy atom. The zero-order valence-corrected chi connectivity index (χ0v) is 16.5. The number of benzene rings is 1. The Balaban J connectivity index is 1.64. The summed E-state index contributed by atoms with van der Waals surface area (Å²) in [5.41, 5.74) is 1.34. The first-order valence-corrected chi connectivity index (χ1v) is 9.97. The standard InChI is InChI=1S/C21H18N4O3S/c1-14-8-9-22-18(11-14)25-20(27)16-6-2-3-7-17(16)24-21(25)29-13-19(26)23-12-15-5-4-10-28-15/h2-11H,12-13H2,1H3,(H,23,26). The molecule has 0 radical (unpaired) electrons. The highest BCUT2D eigenvalue weighted by Crippen LogP contribution is 2.20. The van der Waals surface area contributed by atoms with Gasteiger partial charge in [0.2, 0.25) is 5.91 Å². The molecule has 1 aromatic carbocycles. The van der Waals surface area contributed by atoms with Gasteiger partial charge in [-0.3, -0.25) is 9.59 Å². The fraction of sp³-hybridized carbons (Fsp3) is 0.143. The number of hydrogen-bond acceptors (Lipinski definition) is 6. The maximum atomic E-state index is 13.1. The fourth-order valence-electron chi connectivity index (χ4n) is 2.83. The van der Waals surface area contributed by atoms with E-state index in [1.165, 1.54) is 16.3 Å². The zero-order chi connectivity index (χ0) is 20.2. The minimum atomic E-state index is -0.216. The first-order chi connectivity index (χ1) is 14.1. The third kappa shape index (κ3) is 4.22. The van der Waals surface area contributed by atoms with Gasteiger partial charge in [-0.15, -0.1) is 0 Å². The van der Waals surface area contributed by atoms with Crippen molar-refractivity contribution < 1.29 is 9.21 Å². The molecular formula is C21H18N4O3S. The predicted octanol–water partition coefficient (Wildman–Crippen LogP) is 3.09. The first-order valence-electron chi connectivity index (χ1n) is 8.98. The van der Waals surface area contributed by atoms with Crippen LogP contribution in [-0.4, -0.2) is 26.2 Å². The van der Waals surface area contributed by atoms with Crippen LogP contribution in [0.5, 0.6) is 0 Å². The number of nitrogens with one attached hydrogen (secondary N) is 1. The normalized spacial score (nSPS) is 10.9. The van der Waals surface area contributed by atoms with E-state index in [1.54, 1.807) is 42.8 Å². The molecule has 0 aliphatic heterocycles. The van der Waals surface area contributed by atoms with Crippen molar-refractivity contribution in [2.75, 3.05) is 5.75 Å². The number of rotatable bonds is 6. The number of amides is 1. The number of pyridine rings is 1. The van der Waals surface area contributed by atoms with Gasteiger partial charge in [-0.2, -0.15) is 0 Å². The number of nitrogens with zero attached hydrogens (tertiary/aromatic N) is 3. The highest BCUT2D eigenvalue weighted by atomic mass is 32.2. The Morgan fingerprint density at radius 1 is 1.21 bits per heavy atom. The van der Waals surface area contributed by atoms with E-state index in [1.807, 2.05) is 25.1 Å². The van der Waals surface area contributed by atoms with Crippen LogP contribution in [0.1, 0.15) is 11.3 Å². The van der Waals surface area contributed by atoms with Gasteiger partial charge < -0.3 is 9.73 Å². The van der Waals surface area contributed by atoms with Crippen LogP contribution < -0.4 is 10.9 Å². The molecule has 3 heterocycles. The third-order valence-electron chi connectivity index (χ3n) is 4.25. The van der Waals surface area contributed by atoms with Crippen molar-refractivity contribution in [3.05, 3.63) is 82.7 Å². The molecule has 0 spiro atoms. The Hall–Kier alpha value is -3.39. The van der Waals surface area contributed by atoms with Crippen molar-refractivity contribution in [3.8, 4) is 5.82 Å². The van der Waals surface area contributed by atoms with Gasteiger partial charge in [0.25, 0.3) is 5.56 Å². The lowest BCUT2D eigenvalue weighted by Crippen LogP contribution is -2.26. The van der Waals surface area contributed by atoms with Crippen molar-refractivity contribution in [1.82, 2.24) is 19.9 Å². The van der Waals surface area contributed by atoms with E-state index in [-0.39, 0.29) is 17.2 Å². The maximum Gasteiger partial charge on any atom is 0.267 e. The van der Waals surface area contributed by atoms with Crippen LogP contribution in [-0.2, 0) is 11.3 Å². The zero-order valence-electron chi connectivity index (χ0n) is 15.7. The van der Waals surface area contributed by atoms with Crippen LogP contribution in [0.15, 0.2) is 75.4 Å². The molecular weight excluding hydrogens is 388 g/mol. The second-order valence-corrected chi connectivity index (χ2v) is 7.33. The molecule has 0 aliphatic carbocycles. The number of aryl methyl sites for hydroxylation is 1. The summed E-state index contributed by atoms with van der Waals surface area (Å²) in [7, 11) is 0. The van der Waals surface area contributed by atoms with E-state index >= 15 is 0 Å². The average Bonchev–Trinajstić information content (AvgIpc) is 3.24. The van der Waals surface area contributed by atoms with Gasteiger partial charge in [-0.25, -0.2) is 14.5 Å². The summed E-state index contributed by atoms with van der Waals surface area (Å²) in [4.78, 5) is 34.3. The van der Waals surface area contributed by atoms with Gasteiger partial charge >= 0.3 is 0 Å². The Bertz CT molecular complexity index is 1220. The van der Waals surface area contributed by atoms with Gasteiger partial charge in [0, 0.05) is 6.20 Å². The minimum Gasteiger partial charge on any atom is -0.467 e. The lowest BCUT2D eigenvalue weighted by Gasteiger charge is -2.12. The number of aromatic nitrogens is 3. The summed E-state index contributed by atoms with van der Waals surface area (Å²) >= 11 is 1.19. The summed E-state index contributed by atoms with van der Waals surface area (Å²) in [5.74, 6) is 1.08. The summed E-state index contributed by atoms with van der Waals surface area (Å²) < 4.78 is 6.67. The van der Waals surface area contributed by atoms with Gasteiger partial charge in [-0.05, 0) is 48.9 Å². The number of fused-ring (bicyclic) bond motifs is 1. The van der Waals surface area contributed by atoms with Crippen LogP contribution in [0, 0.1) is 6.92 Å². The molecule has 146 valence electrons. The van der Waals surface area contributed by atoms with Gasteiger partial charge in [-0.1, -0.05) is 23.9 Å². The molecule has 29 heavy (non-hydrogen) atoms. The smallest absolute Gasteiger partial charge is 0.267 e. The molecule has 4 aromatic rings. The molecule has 0 atom stereocenters. The molecule has 0 aliphatic rings. The topological polar surface area (TPSA) is 90.0 Å². The van der Waals surface area contributed by atoms with Crippen molar-refractivity contribution in [2.24, 2.45) is 0 Å². The number of para-hydroxylation sites is 1. The lowest BCUT2D eigenvalue weighted by atomic mass is 10.2. The quantitative estimate of drug-likeness (QED) is 0.391. The highest BCUT2D eigenvalue weighted by Gasteiger charge is 2.15. The summed E-state index contributed by atoms with van der Waals surface area (Å²) in [6.07, 6.45) is 3.21. The SMILES string of the molecule is Cc1ccnc(-n2c(SCC(=O)NCc3ccco3)nc3ccccc3c2=O)c1. The number of furan rings is 1. The number of thioether (sulfide) groups is 1. The molecule has 0 saturated carbocycles. The van der Waals surface area contributed by atoms with Crippen LogP contribution in [0.3, 0.4) is 0 Å². The number of carbonyl (C=O) groups excluding carboxylic acids is 1. The molecule has 0 saturated heterocycles.